The SMILES string of the molecule is COC(=O)c1cc(NC(C)C2CCCCC2)c(F)cc1N. The zero-order valence-corrected chi connectivity index (χ0v) is 12.6. The second-order valence-electron chi connectivity index (χ2n) is 5.74. The summed E-state index contributed by atoms with van der Waals surface area (Å²) in [6, 6.07) is 2.77. The number of halogens is 1. The quantitative estimate of drug-likeness (QED) is 0.658. The minimum atomic E-state index is -0.555. The fourth-order valence-electron chi connectivity index (χ4n) is 2.98. The van der Waals surface area contributed by atoms with Crippen molar-refractivity contribution in [2.24, 2.45) is 5.92 Å². The van der Waals surface area contributed by atoms with Gasteiger partial charge in [-0.3, -0.25) is 0 Å². The zero-order valence-electron chi connectivity index (χ0n) is 12.6. The highest BCUT2D eigenvalue weighted by Crippen LogP contribution is 2.30. The molecule has 0 aromatic heterocycles. The molecule has 5 heteroatoms. The molecule has 1 aromatic carbocycles. The Kier molecular flexibility index (Phi) is 5.04. The number of hydrogen-bond acceptors (Lipinski definition) is 4. The number of esters is 1. The lowest BCUT2D eigenvalue weighted by Crippen LogP contribution is -2.28. The molecule has 0 spiro atoms. The summed E-state index contributed by atoms with van der Waals surface area (Å²) in [5, 5.41) is 3.19. The smallest absolute Gasteiger partial charge is 0.340 e. The van der Waals surface area contributed by atoms with E-state index in [2.05, 4.69) is 17.0 Å². The van der Waals surface area contributed by atoms with E-state index in [9.17, 15) is 9.18 Å². The van der Waals surface area contributed by atoms with Crippen LogP contribution in [0.5, 0.6) is 0 Å². The number of hydrogen-bond donors (Lipinski definition) is 2. The molecular weight excluding hydrogens is 271 g/mol. The van der Waals surface area contributed by atoms with Crippen molar-refractivity contribution in [3.8, 4) is 0 Å². The molecule has 4 nitrogen and oxygen atoms in total. The highest BCUT2D eigenvalue weighted by molar-refractivity contribution is 5.96. The van der Waals surface area contributed by atoms with Crippen LogP contribution in [0.4, 0.5) is 15.8 Å². The normalized spacial score (nSPS) is 17.3. The second-order valence-corrected chi connectivity index (χ2v) is 5.74. The fourth-order valence-corrected chi connectivity index (χ4v) is 2.98. The average molecular weight is 294 g/mol. The molecule has 1 aliphatic carbocycles. The van der Waals surface area contributed by atoms with Gasteiger partial charge in [0.2, 0.25) is 0 Å². The molecule has 3 N–H and O–H groups in total. The van der Waals surface area contributed by atoms with Crippen LogP contribution in [0.2, 0.25) is 0 Å². The molecule has 1 atom stereocenters. The van der Waals surface area contributed by atoms with Gasteiger partial charge < -0.3 is 15.8 Å². The van der Waals surface area contributed by atoms with Crippen molar-refractivity contribution in [3.63, 3.8) is 0 Å². The van der Waals surface area contributed by atoms with Crippen LogP contribution in [-0.4, -0.2) is 19.1 Å². The molecule has 0 heterocycles. The molecule has 1 aromatic rings. The predicted octanol–water partition coefficient (Wildman–Crippen LogP) is 3.58. The molecule has 1 unspecified atom stereocenters. The number of benzene rings is 1. The molecule has 1 saturated carbocycles. The molecule has 0 saturated heterocycles. The lowest BCUT2D eigenvalue weighted by molar-refractivity contribution is 0.0602. The number of carbonyl (C=O) groups is 1. The van der Waals surface area contributed by atoms with Gasteiger partial charge in [-0.2, -0.15) is 0 Å². The Balaban J connectivity index is 2.16. The highest BCUT2D eigenvalue weighted by atomic mass is 19.1. The lowest BCUT2D eigenvalue weighted by atomic mass is 9.84. The van der Waals surface area contributed by atoms with E-state index in [0.29, 0.717) is 11.6 Å². The maximum absolute atomic E-state index is 14.0. The molecule has 0 aliphatic heterocycles. The highest BCUT2D eigenvalue weighted by Gasteiger charge is 2.22. The van der Waals surface area contributed by atoms with E-state index in [1.54, 1.807) is 0 Å². The molecule has 0 radical (unpaired) electrons. The Morgan fingerprint density at radius 2 is 2.05 bits per heavy atom. The van der Waals surface area contributed by atoms with Gasteiger partial charge in [-0.05, 0) is 37.8 Å². The van der Waals surface area contributed by atoms with Crippen LogP contribution in [0.1, 0.15) is 49.4 Å². The van der Waals surface area contributed by atoms with Gasteiger partial charge in [0.1, 0.15) is 5.82 Å². The maximum Gasteiger partial charge on any atom is 0.340 e. The van der Waals surface area contributed by atoms with Gasteiger partial charge in [0, 0.05) is 11.7 Å². The Bertz CT molecular complexity index is 513. The standard InChI is InChI=1S/C16H23FN2O2/c1-10(11-6-4-3-5-7-11)19-15-8-12(16(20)21-2)14(18)9-13(15)17/h8-11,19H,3-7,18H2,1-2H3. The molecule has 0 bridgehead atoms. The summed E-state index contributed by atoms with van der Waals surface area (Å²) in [6.07, 6.45) is 6.07. The van der Waals surface area contributed by atoms with Gasteiger partial charge in [0.25, 0.3) is 0 Å². The summed E-state index contributed by atoms with van der Waals surface area (Å²) < 4.78 is 18.7. The van der Waals surface area contributed by atoms with Crippen LogP contribution in [0.3, 0.4) is 0 Å². The van der Waals surface area contributed by atoms with E-state index in [0.717, 1.165) is 12.8 Å². The van der Waals surface area contributed by atoms with Crippen LogP contribution in [0.15, 0.2) is 12.1 Å². The fraction of sp³-hybridized carbons (Fsp3) is 0.562. The van der Waals surface area contributed by atoms with Crippen molar-refractivity contribution in [2.45, 2.75) is 45.1 Å². The number of anilines is 2. The van der Waals surface area contributed by atoms with Crippen LogP contribution in [0.25, 0.3) is 0 Å². The van der Waals surface area contributed by atoms with E-state index < -0.39 is 11.8 Å². The lowest BCUT2D eigenvalue weighted by Gasteiger charge is -2.29. The van der Waals surface area contributed by atoms with Crippen molar-refractivity contribution < 1.29 is 13.9 Å². The molecular formula is C16H23FN2O2. The largest absolute Gasteiger partial charge is 0.465 e. The van der Waals surface area contributed by atoms with E-state index in [4.69, 9.17) is 5.73 Å². The molecule has 2 rings (SSSR count). The number of nitrogens with one attached hydrogen (secondary N) is 1. The summed E-state index contributed by atoms with van der Waals surface area (Å²) in [6.45, 7) is 2.06. The summed E-state index contributed by atoms with van der Waals surface area (Å²) in [7, 11) is 1.28. The van der Waals surface area contributed by atoms with Crippen molar-refractivity contribution in [2.75, 3.05) is 18.2 Å². The first-order chi connectivity index (χ1) is 10.0. The third kappa shape index (κ3) is 3.65. The van der Waals surface area contributed by atoms with Crippen LogP contribution in [-0.2, 0) is 4.74 Å². The summed E-state index contributed by atoms with van der Waals surface area (Å²) in [5.41, 5.74) is 6.26. The van der Waals surface area contributed by atoms with E-state index in [-0.39, 0.29) is 17.3 Å². The van der Waals surface area contributed by atoms with Gasteiger partial charge >= 0.3 is 5.97 Å². The molecule has 0 amide bonds. The minimum absolute atomic E-state index is 0.0928. The number of methoxy groups -OCH3 is 1. The average Bonchev–Trinajstić information content (AvgIpc) is 2.50. The summed E-state index contributed by atoms with van der Waals surface area (Å²) in [5.74, 6) is -0.457. The van der Waals surface area contributed by atoms with Crippen LogP contribution >= 0.6 is 0 Å². The number of nitrogen functional groups attached to an aromatic ring is 1. The minimum Gasteiger partial charge on any atom is -0.465 e. The van der Waals surface area contributed by atoms with Gasteiger partial charge in [0.05, 0.1) is 18.4 Å². The number of nitrogens with two attached hydrogens (primary N) is 1. The van der Waals surface area contributed by atoms with E-state index >= 15 is 0 Å². The third-order valence-electron chi connectivity index (χ3n) is 4.28. The molecule has 116 valence electrons. The first-order valence-corrected chi connectivity index (χ1v) is 7.46. The Morgan fingerprint density at radius 3 is 2.67 bits per heavy atom. The maximum atomic E-state index is 14.0. The number of rotatable bonds is 4. The summed E-state index contributed by atoms with van der Waals surface area (Å²) >= 11 is 0. The Morgan fingerprint density at radius 1 is 1.38 bits per heavy atom. The van der Waals surface area contributed by atoms with Crippen molar-refractivity contribution in [1.29, 1.82) is 0 Å². The first kappa shape index (κ1) is 15.6. The Labute approximate surface area is 124 Å². The Hall–Kier alpha value is -1.78. The van der Waals surface area contributed by atoms with Gasteiger partial charge in [-0.1, -0.05) is 19.3 Å². The van der Waals surface area contributed by atoms with Gasteiger partial charge in [-0.25, -0.2) is 9.18 Å². The number of carbonyl (C=O) groups excluding carboxylic acids is 1. The number of ether oxygens (including phenoxy) is 1. The first-order valence-electron chi connectivity index (χ1n) is 7.46. The van der Waals surface area contributed by atoms with Gasteiger partial charge in [-0.15, -0.1) is 0 Å². The van der Waals surface area contributed by atoms with E-state index in [1.807, 2.05) is 0 Å². The van der Waals surface area contributed by atoms with Crippen molar-refractivity contribution in [3.05, 3.63) is 23.5 Å². The van der Waals surface area contributed by atoms with Crippen LogP contribution in [0, 0.1) is 11.7 Å². The third-order valence-corrected chi connectivity index (χ3v) is 4.28. The topological polar surface area (TPSA) is 64.3 Å². The van der Waals surface area contributed by atoms with Crippen LogP contribution < -0.4 is 11.1 Å². The van der Waals surface area contributed by atoms with Crippen molar-refractivity contribution in [1.82, 2.24) is 0 Å². The van der Waals surface area contributed by atoms with Crippen molar-refractivity contribution >= 4 is 17.3 Å². The summed E-state index contributed by atoms with van der Waals surface area (Å²) in [4.78, 5) is 11.6. The second kappa shape index (κ2) is 6.78. The monoisotopic (exact) mass is 294 g/mol. The molecule has 1 fully saturated rings. The van der Waals surface area contributed by atoms with E-state index in [1.165, 1.54) is 38.5 Å². The predicted molar refractivity (Wildman–Crippen MR) is 81.8 cm³/mol. The zero-order chi connectivity index (χ0) is 15.4. The molecule has 1 aliphatic rings. The van der Waals surface area contributed by atoms with Gasteiger partial charge in [0.15, 0.2) is 0 Å². The molecule has 21 heavy (non-hydrogen) atoms.